The molecule has 6 heteroatoms. The average Bonchev–Trinajstić information content (AvgIpc) is 2.60. The summed E-state index contributed by atoms with van der Waals surface area (Å²) in [6.07, 6.45) is -0.949. The quantitative estimate of drug-likeness (QED) is 0.587. The van der Waals surface area contributed by atoms with Gasteiger partial charge in [0.25, 0.3) is 0 Å². The zero-order valence-corrected chi connectivity index (χ0v) is 14.3. The number of rotatable bonds is 6. The summed E-state index contributed by atoms with van der Waals surface area (Å²) in [5.74, 6) is -0.317. The number of benzene rings is 2. The highest BCUT2D eigenvalue weighted by molar-refractivity contribution is 6.30. The highest BCUT2D eigenvalue weighted by atomic mass is 35.5. The van der Waals surface area contributed by atoms with Crippen LogP contribution in [0.15, 0.2) is 42.5 Å². The summed E-state index contributed by atoms with van der Waals surface area (Å²) in [7, 11) is 2.90. The van der Waals surface area contributed by atoms with Gasteiger partial charge in [-0.15, -0.1) is 0 Å². The number of ketones is 1. The molecule has 0 heterocycles. The van der Waals surface area contributed by atoms with Crippen LogP contribution in [0.5, 0.6) is 11.5 Å². The third-order valence-corrected chi connectivity index (χ3v) is 3.66. The minimum Gasteiger partial charge on any atom is -0.493 e. The molecule has 0 unspecified atom stereocenters. The Morgan fingerprint density at radius 2 is 1.67 bits per heavy atom. The van der Waals surface area contributed by atoms with E-state index in [4.69, 9.17) is 25.8 Å². The summed E-state index contributed by atoms with van der Waals surface area (Å²) in [5.41, 5.74) is 0.602. The molecule has 24 heavy (non-hydrogen) atoms. The molecule has 2 aromatic carbocycles. The molecule has 0 aliphatic carbocycles. The van der Waals surface area contributed by atoms with Crippen LogP contribution in [0.4, 0.5) is 0 Å². The molecule has 1 atom stereocenters. The van der Waals surface area contributed by atoms with Gasteiger partial charge in [0, 0.05) is 10.6 Å². The second-order valence-electron chi connectivity index (χ2n) is 4.96. The fraction of sp³-hybridized carbons (Fsp3) is 0.222. The molecule has 0 aliphatic heterocycles. The lowest BCUT2D eigenvalue weighted by molar-refractivity contribution is 0.0315. The van der Waals surface area contributed by atoms with Gasteiger partial charge in [0.15, 0.2) is 17.6 Å². The summed E-state index contributed by atoms with van der Waals surface area (Å²) in [6.45, 7) is 1.52. The molecule has 0 saturated heterocycles. The van der Waals surface area contributed by atoms with Crippen LogP contribution in [-0.2, 0) is 4.74 Å². The molecule has 0 amide bonds. The fourth-order valence-electron chi connectivity index (χ4n) is 2.17. The van der Waals surface area contributed by atoms with E-state index in [1.165, 1.54) is 21.1 Å². The van der Waals surface area contributed by atoms with Crippen LogP contribution < -0.4 is 9.47 Å². The first-order chi connectivity index (χ1) is 11.5. The van der Waals surface area contributed by atoms with E-state index in [-0.39, 0.29) is 17.1 Å². The molecule has 0 saturated carbocycles. The van der Waals surface area contributed by atoms with Gasteiger partial charge in [-0.1, -0.05) is 17.7 Å². The van der Waals surface area contributed by atoms with Crippen molar-refractivity contribution in [2.45, 2.75) is 13.0 Å². The van der Waals surface area contributed by atoms with E-state index in [1.807, 2.05) is 0 Å². The molecule has 0 radical (unpaired) electrons. The van der Waals surface area contributed by atoms with Crippen LogP contribution in [0.3, 0.4) is 0 Å². The Morgan fingerprint density at radius 3 is 2.25 bits per heavy atom. The predicted octanol–water partition coefficient (Wildman–Crippen LogP) is 3.79. The lowest BCUT2D eigenvalue weighted by atomic mass is 10.1. The lowest BCUT2D eigenvalue weighted by Crippen LogP contribution is -2.24. The summed E-state index contributed by atoms with van der Waals surface area (Å²) in [6, 6.07) is 11.2. The molecule has 2 aromatic rings. The first-order valence-electron chi connectivity index (χ1n) is 7.19. The normalized spacial score (nSPS) is 11.5. The van der Waals surface area contributed by atoms with Crippen molar-refractivity contribution in [3.63, 3.8) is 0 Å². The van der Waals surface area contributed by atoms with E-state index < -0.39 is 12.1 Å². The Labute approximate surface area is 145 Å². The lowest BCUT2D eigenvalue weighted by Gasteiger charge is -2.15. The van der Waals surface area contributed by atoms with Crippen molar-refractivity contribution in [3.05, 3.63) is 58.6 Å². The molecule has 0 aliphatic rings. The summed E-state index contributed by atoms with van der Waals surface area (Å²) in [5, 5.41) is 0.525. The van der Waals surface area contributed by atoms with Gasteiger partial charge in [-0.2, -0.15) is 0 Å². The molecule has 0 bridgehead atoms. The van der Waals surface area contributed by atoms with Gasteiger partial charge < -0.3 is 14.2 Å². The van der Waals surface area contributed by atoms with Crippen LogP contribution in [0.1, 0.15) is 27.6 Å². The maximum Gasteiger partial charge on any atom is 0.342 e. The number of methoxy groups -OCH3 is 2. The standard InChI is InChI=1S/C18H17ClO5/c1-11(16(20)12-7-9-13(19)10-8-12)24-18(21)14-5-4-6-15(22-2)17(14)23-3/h4-11H,1-3H3/t11-/m0/s1. The summed E-state index contributed by atoms with van der Waals surface area (Å²) in [4.78, 5) is 24.7. The van der Waals surface area contributed by atoms with Crippen LogP contribution in [0.25, 0.3) is 0 Å². The minimum atomic E-state index is -0.949. The number of hydrogen-bond donors (Lipinski definition) is 0. The molecular formula is C18H17ClO5. The predicted molar refractivity (Wildman–Crippen MR) is 90.2 cm³/mol. The van der Waals surface area contributed by atoms with Gasteiger partial charge in [-0.25, -0.2) is 4.79 Å². The van der Waals surface area contributed by atoms with Gasteiger partial charge in [0.2, 0.25) is 5.78 Å². The number of ether oxygens (including phenoxy) is 3. The van der Waals surface area contributed by atoms with E-state index in [1.54, 1.807) is 42.5 Å². The Kier molecular flexibility index (Phi) is 5.82. The van der Waals surface area contributed by atoms with E-state index in [2.05, 4.69) is 0 Å². The molecule has 126 valence electrons. The molecule has 2 rings (SSSR count). The van der Waals surface area contributed by atoms with E-state index in [9.17, 15) is 9.59 Å². The molecule has 0 aromatic heterocycles. The highest BCUT2D eigenvalue weighted by Crippen LogP contribution is 2.31. The Morgan fingerprint density at radius 1 is 1.00 bits per heavy atom. The SMILES string of the molecule is COc1cccc(C(=O)O[C@@H](C)C(=O)c2ccc(Cl)cc2)c1OC. The number of Topliss-reactive ketones (excluding diaryl/α,β-unsaturated/α-hetero) is 1. The summed E-state index contributed by atoms with van der Waals surface area (Å²) < 4.78 is 15.6. The van der Waals surface area contributed by atoms with Crippen LogP contribution in [0, 0.1) is 0 Å². The van der Waals surface area contributed by atoms with Crippen LogP contribution in [-0.4, -0.2) is 32.1 Å². The molecule has 5 nitrogen and oxygen atoms in total. The van der Waals surface area contributed by atoms with Crippen molar-refractivity contribution in [2.75, 3.05) is 14.2 Å². The number of hydrogen-bond acceptors (Lipinski definition) is 5. The molecule has 0 fully saturated rings. The second kappa shape index (κ2) is 7.84. The van der Waals surface area contributed by atoms with E-state index >= 15 is 0 Å². The van der Waals surface area contributed by atoms with Crippen molar-refractivity contribution >= 4 is 23.4 Å². The van der Waals surface area contributed by atoms with Gasteiger partial charge in [0.05, 0.1) is 14.2 Å². The van der Waals surface area contributed by atoms with Crippen molar-refractivity contribution < 1.29 is 23.8 Å². The first-order valence-corrected chi connectivity index (χ1v) is 7.57. The van der Waals surface area contributed by atoms with Gasteiger partial charge in [-0.05, 0) is 43.3 Å². The molecular weight excluding hydrogens is 332 g/mol. The third kappa shape index (κ3) is 3.86. The third-order valence-electron chi connectivity index (χ3n) is 3.40. The largest absolute Gasteiger partial charge is 0.493 e. The van der Waals surface area contributed by atoms with Crippen molar-refractivity contribution in [3.8, 4) is 11.5 Å². The first kappa shape index (κ1) is 17.8. The number of carbonyl (C=O) groups is 2. The smallest absolute Gasteiger partial charge is 0.342 e. The minimum absolute atomic E-state index is 0.188. The van der Waals surface area contributed by atoms with E-state index in [0.29, 0.717) is 16.3 Å². The topological polar surface area (TPSA) is 61.8 Å². The number of para-hydroxylation sites is 1. The number of halogens is 1. The van der Waals surface area contributed by atoms with Gasteiger partial charge in [-0.3, -0.25) is 4.79 Å². The van der Waals surface area contributed by atoms with Crippen LogP contribution >= 0.6 is 11.6 Å². The van der Waals surface area contributed by atoms with Gasteiger partial charge in [0.1, 0.15) is 5.56 Å². The average molecular weight is 349 g/mol. The zero-order valence-electron chi connectivity index (χ0n) is 13.5. The van der Waals surface area contributed by atoms with Gasteiger partial charge >= 0.3 is 5.97 Å². The maximum atomic E-state index is 12.4. The monoisotopic (exact) mass is 348 g/mol. The maximum absolute atomic E-state index is 12.4. The van der Waals surface area contributed by atoms with Crippen molar-refractivity contribution in [1.82, 2.24) is 0 Å². The fourth-order valence-corrected chi connectivity index (χ4v) is 2.30. The Hall–Kier alpha value is -2.53. The zero-order chi connectivity index (χ0) is 17.7. The van der Waals surface area contributed by atoms with E-state index in [0.717, 1.165) is 0 Å². The number of carbonyl (C=O) groups excluding carboxylic acids is 2. The number of esters is 1. The summed E-state index contributed by atoms with van der Waals surface area (Å²) >= 11 is 5.80. The Balaban J connectivity index is 2.17. The van der Waals surface area contributed by atoms with Crippen molar-refractivity contribution in [2.24, 2.45) is 0 Å². The Bertz CT molecular complexity index is 740. The molecule has 0 N–H and O–H groups in total. The highest BCUT2D eigenvalue weighted by Gasteiger charge is 2.23. The second-order valence-corrected chi connectivity index (χ2v) is 5.40. The van der Waals surface area contributed by atoms with Crippen LogP contribution in [0.2, 0.25) is 5.02 Å². The molecule has 0 spiro atoms. The van der Waals surface area contributed by atoms with Crippen molar-refractivity contribution in [1.29, 1.82) is 0 Å².